The van der Waals surface area contributed by atoms with Gasteiger partial charge < -0.3 is 5.11 Å². The second-order valence-corrected chi connectivity index (χ2v) is 4.56. The number of rotatable bonds is 9. The van der Waals surface area contributed by atoms with Gasteiger partial charge in [-0.05, 0) is 37.3 Å². The summed E-state index contributed by atoms with van der Waals surface area (Å²) in [7, 11) is 0. The summed E-state index contributed by atoms with van der Waals surface area (Å²) in [4.78, 5) is 11.0. The van der Waals surface area contributed by atoms with E-state index >= 15 is 0 Å². The molecule has 0 heterocycles. The lowest BCUT2D eigenvalue weighted by atomic mass is 10.0. The van der Waals surface area contributed by atoms with Crippen LogP contribution in [0.5, 0.6) is 0 Å². The van der Waals surface area contributed by atoms with Gasteiger partial charge in [-0.1, -0.05) is 43.5 Å². The first-order valence-electron chi connectivity index (χ1n) is 6.68. The maximum atomic E-state index is 11.0. The molecule has 0 aliphatic carbocycles. The fourth-order valence-electron chi connectivity index (χ4n) is 2.08. The summed E-state index contributed by atoms with van der Waals surface area (Å²) in [6.45, 7) is 3.70. The molecule has 1 aromatic carbocycles. The smallest absolute Gasteiger partial charge is 0.335 e. The van der Waals surface area contributed by atoms with Gasteiger partial charge in [-0.2, -0.15) is 0 Å². The first-order chi connectivity index (χ1) is 8.75. The molecule has 18 heavy (non-hydrogen) atoms. The summed E-state index contributed by atoms with van der Waals surface area (Å²) >= 11 is 0. The Labute approximate surface area is 109 Å². The van der Waals surface area contributed by atoms with Gasteiger partial charge in [0.05, 0.1) is 5.56 Å². The van der Waals surface area contributed by atoms with Crippen molar-refractivity contribution in [2.75, 3.05) is 0 Å². The Balaban J connectivity index is 2.27. The molecule has 0 radical (unpaired) electrons. The van der Waals surface area contributed by atoms with Gasteiger partial charge in [0.25, 0.3) is 0 Å². The number of benzene rings is 1. The Morgan fingerprint density at radius 1 is 1.11 bits per heavy atom. The van der Waals surface area contributed by atoms with Crippen molar-refractivity contribution < 1.29 is 9.90 Å². The number of unbranched alkanes of at least 4 members (excludes halogenated alkanes) is 5. The number of aryl methyl sites for hydroxylation is 1. The quantitative estimate of drug-likeness (QED) is 0.516. The SMILES string of the molecule is C=CCCCCCCCc1ccccc1C(=O)O. The Bertz CT molecular complexity index is 382. The van der Waals surface area contributed by atoms with Crippen LogP contribution in [0.15, 0.2) is 36.9 Å². The van der Waals surface area contributed by atoms with Gasteiger partial charge in [-0.15, -0.1) is 6.58 Å². The lowest BCUT2D eigenvalue weighted by molar-refractivity contribution is 0.0695. The van der Waals surface area contributed by atoms with E-state index in [4.69, 9.17) is 5.11 Å². The van der Waals surface area contributed by atoms with Gasteiger partial charge in [-0.25, -0.2) is 4.79 Å². The first-order valence-corrected chi connectivity index (χ1v) is 6.68. The van der Waals surface area contributed by atoms with Crippen LogP contribution in [-0.4, -0.2) is 11.1 Å². The molecule has 0 amide bonds. The number of aromatic carboxylic acids is 1. The third-order valence-electron chi connectivity index (χ3n) is 3.10. The summed E-state index contributed by atoms with van der Waals surface area (Å²) in [6, 6.07) is 7.29. The lowest BCUT2D eigenvalue weighted by Gasteiger charge is -2.05. The molecule has 0 spiro atoms. The summed E-state index contributed by atoms with van der Waals surface area (Å²) in [5, 5.41) is 9.06. The first kappa shape index (κ1) is 14.5. The van der Waals surface area contributed by atoms with Crippen LogP contribution in [0.2, 0.25) is 0 Å². The van der Waals surface area contributed by atoms with E-state index in [0.29, 0.717) is 5.56 Å². The highest BCUT2D eigenvalue weighted by atomic mass is 16.4. The second-order valence-electron chi connectivity index (χ2n) is 4.56. The van der Waals surface area contributed by atoms with Crippen LogP contribution in [0, 0.1) is 0 Å². The monoisotopic (exact) mass is 246 g/mol. The third-order valence-corrected chi connectivity index (χ3v) is 3.10. The summed E-state index contributed by atoms with van der Waals surface area (Å²) < 4.78 is 0. The normalized spacial score (nSPS) is 10.2. The second kappa shape index (κ2) is 8.51. The maximum Gasteiger partial charge on any atom is 0.335 e. The molecule has 0 bridgehead atoms. The average molecular weight is 246 g/mol. The maximum absolute atomic E-state index is 11.0. The molecule has 0 unspecified atom stereocenters. The summed E-state index contributed by atoms with van der Waals surface area (Å²) in [6.07, 6.45) is 9.85. The molecule has 2 heteroatoms. The van der Waals surface area contributed by atoms with Crippen molar-refractivity contribution in [3.8, 4) is 0 Å². The van der Waals surface area contributed by atoms with E-state index in [-0.39, 0.29) is 0 Å². The Morgan fingerprint density at radius 3 is 2.50 bits per heavy atom. The van der Waals surface area contributed by atoms with Crippen LogP contribution in [0.1, 0.15) is 54.4 Å². The molecule has 1 N–H and O–H groups in total. The molecule has 1 aromatic rings. The predicted molar refractivity (Wildman–Crippen MR) is 75.0 cm³/mol. The standard InChI is InChI=1S/C16H22O2/c1-2-3-4-5-6-7-8-11-14-12-9-10-13-15(14)16(17)18/h2,9-10,12-13H,1,3-8,11H2,(H,17,18). The van der Waals surface area contributed by atoms with Crippen LogP contribution in [0.3, 0.4) is 0 Å². The van der Waals surface area contributed by atoms with Crippen molar-refractivity contribution in [1.29, 1.82) is 0 Å². The largest absolute Gasteiger partial charge is 0.478 e. The number of hydrogen-bond donors (Lipinski definition) is 1. The van der Waals surface area contributed by atoms with Crippen LogP contribution >= 0.6 is 0 Å². The fraction of sp³-hybridized carbons (Fsp3) is 0.438. The Morgan fingerprint density at radius 2 is 1.78 bits per heavy atom. The average Bonchev–Trinajstić information content (AvgIpc) is 2.38. The zero-order valence-electron chi connectivity index (χ0n) is 10.9. The Hall–Kier alpha value is -1.57. The highest BCUT2D eigenvalue weighted by Gasteiger charge is 2.07. The minimum Gasteiger partial charge on any atom is -0.478 e. The molecular weight excluding hydrogens is 224 g/mol. The van der Waals surface area contributed by atoms with E-state index in [1.807, 2.05) is 18.2 Å². The molecule has 0 aliphatic heterocycles. The molecular formula is C16H22O2. The van der Waals surface area contributed by atoms with Crippen LogP contribution < -0.4 is 0 Å². The van der Waals surface area contributed by atoms with Gasteiger partial charge in [-0.3, -0.25) is 0 Å². The van der Waals surface area contributed by atoms with Gasteiger partial charge in [0.2, 0.25) is 0 Å². The van der Waals surface area contributed by atoms with Gasteiger partial charge in [0.1, 0.15) is 0 Å². The number of carboxylic acid groups (broad SMARTS) is 1. The van der Waals surface area contributed by atoms with Crippen LogP contribution in [-0.2, 0) is 6.42 Å². The van der Waals surface area contributed by atoms with Crippen LogP contribution in [0.4, 0.5) is 0 Å². The molecule has 98 valence electrons. The predicted octanol–water partition coefficient (Wildman–Crippen LogP) is 4.45. The van der Waals surface area contributed by atoms with E-state index in [0.717, 1.165) is 24.8 Å². The zero-order valence-corrected chi connectivity index (χ0v) is 10.9. The highest BCUT2D eigenvalue weighted by molar-refractivity contribution is 5.89. The molecule has 0 saturated heterocycles. The van der Waals surface area contributed by atoms with Gasteiger partial charge in [0.15, 0.2) is 0 Å². The molecule has 1 rings (SSSR count). The van der Waals surface area contributed by atoms with E-state index < -0.39 is 5.97 Å². The molecule has 0 saturated carbocycles. The molecule has 0 aromatic heterocycles. The third kappa shape index (κ3) is 5.17. The van der Waals surface area contributed by atoms with E-state index in [1.165, 1.54) is 25.7 Å². The van der Waals surface area contributed by atoms with Crippen molar-refractivity contribution >= 4 is 5.97 Å². The van der Waals surface area contributed by atoms with Crippen molar-refractivity contribution in [2.45, 2.75) is 44.9 Å². The Kier molecular flexibility index (Phi) is 6.85. The minimum atomic E-state index is -0.823. The number of allylic oxidation sites excluding steroid dienone is 1. The van der Waals surface area contributed by atoms with E-state index in [2.05, 4.69) is 6.58 Å². The zero-order chi connectivity index (χ0) is 13.2. The minimum absolute atomic E-state index is 0.448. The lowest BCUT2D eigenvalue weighted by Crippen LogP contribution is -2.02. The topological polar surface area (TPSA) is 37.3 Å². The molecule has 0 fully saturated rings. The summed E-state index contributed by atoms with van der Waals surface area (Å²) in [5.74, 6) is -0.823. The summed E-state index contributed by atoms with van der Waals surface area (Å²) in [5.41, 5.74) is 1.40. The van der Waals surface area contributed by atoms with E-state index in [1.54, 1.807) is 12.1 Å². The van der Waals surface area contributed by atoms with Crippen molar-refractivity contribution in [2.24, 2.45) is 0 Å². The fourth-order valence-corrected chi connectivity index (χ4v) is 2.08. The number of carbonyl (C=O) groups is 1. The highest BCUT2D eigenvalue weighted by Crippen LogP contribution is 2.14. The molecule has 2 nitrogen and oxygen atoms in total. The van der Waals surface area contributed by atoms with Crippen molar-refractivity contribution in [3.05, 3.63) is 48.0 Å². The number of carboxylic acids is 1. The van der Waals surface area contributed by atoms with E-state index in [9.17, 15) is 4.79 Å². The van der Waals surface area contributed by atoms with Gasteiger partial charge in [0, 0.05) is 0 Å². The molecule has 0 atom stereocenters. The van der Waals surface area contributed by atoms with Crippen LogP contribution in [0.25, 0.3) is 0 Å². The van der Waals surface area contributed by atoms with Crippen molar-refractivity contribution in [3.63, 3.8) is 0 Å². The van der Waals surface area contributed by atoms with Crippen molar-refractivity contribution in [1.82, 2.24) is 0 Å². The number of hydrogen-bond acceptors (Lipinski definition) is 1. The molecule has 0 aliphatic rings. The van der Waals surface area contributed by atoms with Gasteiger partial charge >= 0.3 is 5.97 Å².